The van der Waals surface area contributed by atoms with Crippen molar-refractivity contribution in [2.45, 2.75) is 46.1 Å². The minimum atomic E-state index is 0. The molecule has 0 bridgehead atoms. The fourth-order valence-corrected chi connectivity index (χ4v) is 4.20. The number of carbonyl (C=O) groups excluding carboxylic acids is 1. The second-order valence-corrected chi connectivity index (χ2v) is 7.53. The van der Waals surface area contributed by atoms with E-state index in [2.05, 4.69) is 47.9 Å². The topological polar surface area (TPSA) is 60.5 Å². The minimum Gasteiger partial charge on any atom is -1.00 e. The number of H-pyrrole nitrogens is 1. The van der Waals surface area contributed by atoms with Crippen molar-refractivity contribution in [2.75, 3.05) is 0 Å². The number of rotatable bonds is 6. The zero-order chi connectivity index (χ0) is 19.7. The maximum absolute atomic E-state index is 11.2. The van der Waals surface area contributed by atoms with Crippen LogP contribution in [0.2, 0.25) is 0 Å². The summed E-state index contributed by atoms with van der Waals surface area (Å²) in [6, 6.07) is 10.2. The highest BCUT2D eigenvalue weighted by atomic mass is 79.9. The maximum Gasteiger partial charge on any atom is 0.176 e. The van der Waals surface area contributed by atoms with Gasteiger partial charge in [-0.1, -0.05) is 0 Å². The highest BCUT2D eigenvalue weighted by Crippen LogP contribution is 2.36. The molecule has 5 heteroatoms. The van der Waals surface area contributed by atoms with Crippen LogP contribution in [0, 0.1) is 25.2 Å². The van der Waals surface area contributed by atoms with Gasteiger partial charge >= 0.3 is 0 Å². The van der Waals surface area contributed by atoms with Gasteiger partial charge in [0, 0.05) is 40.8 Å². The van der Waals surface area contributed by atoms with Crippen LogP contribution in [0.4, 0.5) is 0 Å². The molecule has 2 heterocycles. The number of nitriles is 1. The monoisotopic (exact) mass is 449 g/mol. The van der Waals surface area contributed by atoms with Crippen molar-refractivity contribution >= 4 is 38.9 Å². The number of unbranched alkanes of at least 4 members (excludes halogenated alkanes) is 3. The van der Waals surface area contributed by atoms with Gasteiger partial charge in [-0.2, -0.15) is 5.26 Å². The molecule has 0 saturated carbocycles. The number of halogens is 1. The molecule has 2 aromatic carbocycles. The van der Waals surface area contributed by atoms with Crippen LogP contribution in [0.15, 0.2) is 36.7 Å². The fourth-order valence-electron chi connectivity index (χ4n) is 4.20. The molecular weight excluding hydrogens is 426 g/mol. The van der Waals surface area contributed by atoms with E-state index in [1.54, 1.807) is 0 Å². The van der Waals surface area contributed by atoms with Gasteiger partial charge in [-0.25, -0.2) is 4.57 Å². The summed E-state index contributed by atoms with van der Waals surface area (Å²) in [5.41, 5.74) is 5.39. The number of aromatic amines is 1. The molecule has 0 aliphatic carbocycles. The van der Waals surface area contributed by atoms with Gasteiger partial charge < -0.3 is 22.0 Å². The first-order valence-electron chi connectivity index (χ1n) is 9.83. The van der Waals surface area contributed by atoms with Crippen molar-refractivity contribution in [3.05, 3.63) is 53.3 Å². The molecule has 0 saturated heterocycles. The van der Waals surface area contributed by atoms with Gasteiger partial charge in [-0.05, 0) is 61.4 Å². The van der Waals surface area contributed by atoms with Crippen LogP contribution >= 0.6 is 0 Å². The molecule has 0 radical (unpaired) electrons. The lowest BCUT2D eigenvalue weighted by Crippen LogP contribution is -3.00. The second-order valence-electron chi connectivity index (χ2n) is 7.53. The van der Waals surface area contributed by atoms with E-state index in [9.17, 15) is 4.79 Å². The van der Waals surface area contributed by atoms with Gasteiger partial charge in [0.1, 0.15) is 12.8 Å². The first kappa shape index (κ1) is 21.0. The van der Waals surface area contributed by atoms with Crippen LogP contribution < -0.4 is 21.5 Å². The molecule has 2 aromatic heterocycles. The SMILES string of the molecule is Cc1c2c[n+](CCCCCC#N)ccc2c(C)c2c1[nH]c1ccc(C=O)cc12.[Br-]. The molecule has 0 fully saturated rings. The van der Waals surface area contributed by atoms with E-state index < -0.39 is 0 Å². The summed E-state index contributed by atoms with van der Waals surface area (Å²) < 4.78 is 2.25. The molecule has 0 amide bonds. The molecule has 0 unspecified atom stereocenters. The van der Waals surface area contributed by atoms with Crippen molar-refractivity contribution in [2.24, 2.45) is 0 Å². The molecule has 4 aromatic rings. The third kappa shape index (κ3) is 3.77. The van der Waals surface area contributed by atoms with Crippen LogP contribution in [0.1, 0.15) is 47.2 Å². The summed E-state index contributed by atoms with van der Waals surface area (Å²) >= 11 is 0. The Morgan fingerprint density at radius 1 is 1.07 bits per heavy atom. The summed E-state index contributed by atoms with van der Waals surface area (Å²) in [5.74, 6) is 0. The number of aldehydes is 1. The van der Waals surface area contributed by atoms with Gasteiger partial charge in [0.15, 0.2) is 12.4 Å². The summed E-state index contributed by atoms with van der Waals surface area (Å²) in [6.45, 7) is 5.29. The maximum atomic E-state index is 11.2. The summed E-state index contributed by atoms with van der Waals surface area (Å²) in [7, 11) is 0. The Hall–Kier alpha value is -2.71. The number of nitrogens with one attached hydrogen (secondary N) is 1. The molecule has 29 heavy (non-hydrogen) atoms. The molecule has 0 aliphatic rings. The van der Waals surface area contributed by atoms with Crippen LogP contribution in [0.3, 0.4) is 0 Å². The van der Waals surface area contributed by atoms with Crippen molar-refractivity contribution in [1.29, 1.82) is 5.26 Å². The molecule has 1 N–H and O–H groups in total. The van der Waals surface area contributed by atoms with Crippen LogP contribution in [0.25, 0.3) is 32.6 Å². The third-order valence-corrected chi connectivity index (χ3v) is 5.74. The molecule has 148 valence electrons. The predicted molar refractivity (Wildman–Crippen MR) is 112 cm³/mol. The number of aromatic nitrogens is 2. The Bertz CT molecular complexity index is 1250. The highest BCUT2D eigenvalue weighted by Gasteiger charge is 2.16. The molecule has 0 spiro atoms. The largest absolute Gasteiger partial charge is 1.00 e. The lowest BCUT2D eigenvalue weighted by Gasteiger charge is -2.08. The quantitative estimate of drug-likeness (QED) is 0.278. The van der Waals surface area contributed by atoms with Gasteiger partial charge in [0.05, 0.1) is 17.0 Å². The molecule has 0 atom stereocenters. The van der Waals surface area contributed by atoms with E-state index in [0.29, 0.717) is 12.0 Å². The summed E-state index contributed by atoms with van der Waals surface area (Å²) in [5, 5.41) is 13.5. The molecule has 0 aliphatic heterocycles. The van der Waals surface area contributed by atoms with Gasteiger partial charge in [-0.3, -0.25) is 4.79 Å². The Balaban J connectivity index is 0.00000240. The van der Waals surface area contributed by atoms with Crippen LogP contribution in [-0.4, -0.2) is 11.3 Å². The summed E-state index contributed by atoms with van der Waals surface area (Å²) in [4.78, 5) is 14.8. The van der Waals surface area contributed by atoms with Crippen molar-refractivity contribution < 1.29 is 26.3 Å². The lowest BCUT2D eigenvalue weighted by molar-refractivity contribution is -0.696. The Morgan fingerprint density at radius 2 is 1.90 bits per heavy atom. The number of carbonyl (C=O) groups is 1. The number of hydrogen-bond donors (Lipinski definition) is 1. The van der Waals surface area contributed by atoms with E-state index in [4.69, 9.17) is 5.26 Å². The second kappa shape index (κ2) is 8.75. The molecule has 4 nitrogen and oxygen atoms in total. The average molecular weight is 450 g/mol. The smallest absolute Gasteiger partial charge is 0.176 e. The number of pyridine rings is 1. The average Bonchev–Trinajstić information content (AvgIpc) is 3.11. The van der Waals surface area contributed by atoms with E-state index in [1.165, 1.54) is 27.3 Å². The number of fused-ring (bicyclic) bond motifs is 4. The van der Waals surface area contributed by atoms with Crippen LogP contribution in [-0.2, 0) is 6.54 Å². The van der Waals surface area contributed by atoms with Gasteiger partial charge in [-0.15, -0.1) is 0 Å². The van der Waals surface area contributed by atoms with E-state index in [1.807, 2.05) is 18.2 Å². The first-order valence-corrected chi connectivity index (χ1v) is 9.83. The van der Waals surface area contributed by atoms with E-state index in [-0.39, 0.29) is 17.0 Å². The predicted octanol–water partition coefficient (Wildman–Crippen LogP) is 2.28. The number of nitrogens with zero attached hydrogens (tertiary/aromatic N) is 2. The third-order valence-electron chi connectivity index (χ3n) is 5.74. The zero-order valence-corrected chi connectivity index (χ0v) is 18.3. The standard InChI is InChI=1S/C24H23N3O.BrH/c1-16-19-9-12-27(11-6-4-3-5-10-25)14-21(19)17(2)24-23(16)20-13-18(15-28)7-8-22(20)26-24;/h7-9,12-15H,3-6,11H2,1-2H3;1H. The van der Waals surface area contributed by atoms with E-state index >= 15 is 0 Å². The first-order chi connectivity index (χ1) is 13.6. The van der Waals surface area contributed by atoms with Crippen molar-refractivity contribution in [3.63, 3.8) is 0 Å². The van der Waals surface area contributed by atoms with Crippen molar-refractivity contribution in [1.82, 2.24) is 4.98 Å². The fraction of sp³-hybridized carbons (Fsp3) is 0.292. The number of aryl methyl sites for hydroxylation is 3. The minimum absolute atomic E-state index is 0. The zero-order valence-electron chi connectivity index (χ0n) is 16.8. The van der Waals surface area contributed by atoms with Crippen LogP contribution in [0.5, 0.6) is 0 Å². The normalized spacial score (nSPS) is 10.9. The molecular formula is C24H24BrN3O. The number of benzene rings is 2. The number of hydrogen-bond acceptors (Lipinski definition) is 2. The summed E-state index contributed by atoms with van der Waals surface area (Å²) in [6.07, 6.45) is 9.07. The van der Waals surface area contributed by atoms with Crippen molar-refractivity contribution in [3.8, 4) is 6.07 Å². The highest BCUT2D eigenvalue weighted by molar-refractivity contribution is 6.16. The molecule has 4 rings (SSSR count). The van der Waals surface area contributed by atoms with E-state index in [0.717, 1.165) is 48.5 Å². The van der Waals surface area contributed by atoms with Gasteiger partial charge in [0.2, 0.25) is 0 Å². The Kier molecular flexibility index (Phi) is 6.34. The van der Waals surface area contributed by atoms with Gasteiger partial charge in [0.25, 0.3) is 0 Å². The Labute approximate surface area is 180 Å². The lowest BCUT2D eigenvalue weighted by atomic mass is 9.96. The Morgan fingerprint density at radius 3 is 2.66 bits per heavy atom.